The van der Waals surface area contributed by atoms with Gasteiger partial charge >= 0.3 is 0 Å². The molecule has 78 valence electrons. The Kier molecular flexibility index (Phi) is 2.74. The number of aryl methyl sites for hydroxylation is 2. The van der Waals surface area contributed by atoms with Gasteiger partial charge in [0.15, 0.2) is 0 Å². The zero-order valence-electron chi connectivity index (χ0n) is 9.49. The quantitative estimate of drug-likeness (QED) is 0.697. The lowest BCUT2D eigenvalue weighted by Gasteiger charge is -2.05. The highest BCUT2D eigenvalue weighted by molar-refractivity contribution is 5.66. The van der Waals surface area contributed by atoms with Gasteiger partial charge in [-0.25, -0.2) is 0 Å². The molecule has 0 aromatic heterocycles. The molecule has 0 bridgehead atoms. The van der Waals surface area contributed by atoms with E-state index in [-0.39, 0.29) is 0 Å². The first-order chi connectivity index (χ1) is 7.70. The summed E-state index contributed by atoms with van der Waals surface area (Å²) in [5.74, 6) is 0. The SMILES string of the molecule is Cc1ccc(-c2cccc(C#N)c2)cc1C. The van der Waals surface area contributed by atoms with E-state index in [1.807, 2.05) is 24.3 Å². The Morgan fingerprint density at radius 1 is 0.875 bits per heavy atom. The topological polar surface area (TPSA) is 23.8 Å². The van der Waals surface area contributed by atoms with Gasteiger partial charge in [-0.05, 0) is 48.2 Å². The molecule has 0 N–H and O–H groups in total. The minimum atomic E-state index is 0.704. The summed E-state index contributed by atoms with van der Waals surface area (Å²) in [5, 5.41) is 8.86. The van der Waals surface area contributed by atoms with Gasteiger partial charge in [-0.1, -0.05) is 30.3 Å². The van der Waals surface area contributed by atoms with Crippen LogP contribution in [-0.2, 0) is 0 Å². The predicted octanol–water partition coefficient (Wildman–Crippen LogP) is 3.84. The van der Waals surface area contributed by atoms with Crippen LogP contribution in [-0.4, -0.2) is 0 Å². The summed E-state index contributed by atoms with van der Waals surface area (Å²) in [6.07, 6.45) is 0. The number of hydrogen-bond acceptors (Lipinski definition) is 1. The maximum absolute atomic E-state index is 8.86. The van der Waals surface area contributed by atoms with Crippen LogP contribution >= 0.6 is 0 Å². The molecular formula is C15H13N. The molecule has 16 heavy (non-hydrogen) atoms. The summed E-state index contributed by atoms with van der Waals surface area (Å²) in [6, 6.07) is 16.2. The number of nitrogens with zero attached hydrogens (tertiary/aromatic N) is 1. The van der Waals surface area contributed by atoms with Crippen molar-refractivity contribution in [1.82, 2.24) is 0 Å². The lowest BCUT2D eigenvalue weighted by atomic mass is 9.99. The molecule has 1 heteroatoms. The van der Waals surface area contributed by atoms with Crippen molar-refractivity contribution in [2.45, 2.75) is 13.8 Å². The van der Waals surface area contributed by atoms with Crippen LogP contribution in [0.4, 0.5) is 0 Å². The monoisotopic (exact) mass is 207 g/mol. The maximum Gasteiger partial charge on any atom is 0.0991 e. The molecule has 0 spiro atoms. The van der Waals surface area contributed by atoms with E-state index in [0.29, 0.717) is 5.56 Å². The second-order valence-electron chi connectivity index (χ2n) is 3.99. The van der Waals surface area contributed by atoms with Gasteiger partial charge in [0.25, 0.3) is 0 Å². The van der Waals surface area contributed by atoms with Crippen molar-refractivity contribution < 1.29 is 0 Å². The van der Waals surface area contributed by atoms with Gasteiger partial charge < -0.3 is 0 Å². The Labute approximate surface area is 96.0 Å². The number of hydrogen-bond donors (Lipinski definition) is 0. The smallest absolute Gasteiger partial charge is 0.0991 e. The van der Waals surface area contributed by atoms with Crippen molar-refractivity contribution in [3.8, 4) is 17.2 Å². The second-order valence-corrected chi connectivity index (χ2v) is 3.99. The van der Waals surface area contributed by atoms with E-state index in [1.54, 1.807) is 0 Å². The van der Waals surface area contributed by atoms with Crippen molar-refractivity contribution in [3.05, 3.63) is 59.2 Å². The molecule has 0 heterocycles. The van der Waals surface area contributed by atoms with Crippen molar-refractivity contribution in [2.75, 3.05) is 0 Å². The van der Waals surface area contributed by atoms with Gasteiger partial charge in [0.05, 0.1) is 11.6 Å². The lowest BCUT2D eigenvalue weighted by Crippen LogP contribution is -1.84. The van der Waals surface area contributed by atoms with E-state index in [4.69, 9.17) is 5.26 Å². The molecular weight excluding hydrogens is 194 g/mol. The largest absolute Gasteiger partial charge is 0.192 e. The van der Waals surface area contributed by atoms with Gasteiger partial charge in [0.2, 0.25) is 0 Å². The minimum Gasteiger partial charge on any atom is -0.192 e. The molecule has 2 aromatic rings. The van der Waals surface area contributed by atoms with Crippen LogP contribution in [0, 0.1) is 25.2 Å². The third-order valence-electron chi connectivity index (χ3n) is 2.83. The Hall–Kier alpha value is -2.07. The maximum atomic E-state index is 8.86. The zero-order valence-corrected chi connectivity index (χ0v) is 9.49. The third kappa shape index (κ3) is 1.97. The molecule has 0 atom stereocenters. The zero-order chi connectivity index (χ0) is 11.5. The second kappa shape index (κ2) is 4.20. The Balaban J connectivity index is 2.51. The normalized spacial score (nSPS) is 9.81. The average Bonchev–Trinajstić information content (AvgIpc) is 2.33. The van der Waals surface area contributed by atoms with Crippen molar-refractivity contribution in [2.24, 2.45) is 0 Å². The Bertz CT molecular complexity index is 562. The van der Waals surface area contributed by atoms with Crippen LogP contribution in [0.5, 0.6) is 0 Å². The van der Waals surface area contributed by atoms with Crippen molar-refractivity contribution in [3.63, 3.8) is 0 Å². The van der Waals surface area contributed by atoms with E-state index in [0.717, 1.165) is 5.56 Å². The summed E-state index contributed by atoms with van der Waals surface area (Å²) in [5.41, 5.74) is 5.54. The fourth-order valence-electron chi connectivity index (χ4n) is 1.69. The Morgan fingerprint density at radius 2 is 1.62 bits per heavy atom. The van der Waals surface area contributed by atoms with Crippen LogP contribution in [0.15, 0.2) is 42.5 Å². The first-order valence-electron chi connectivity index (χ1n) is 5.28. The van der Waals surface area contributed by atoms with Crippen molar-refractivity contribution >= 4 is 0 Å². The molecule has 2 rings (SSSR count). The minimum absolute atomic E-state index is 0.704. The van der Waals surface area contributed by atoms with Crippen LogP contribution in [0.3, 0.4) is 0 Å². The Morgan fingerprint density at radius 3 is 2.31 bits per heavy atom. The van der Waals surface area contributed by atoms with Crippen LogP contribution < -0.4 is 0 Å². The number of rotatable bonds is 1. The summed E-state index contributed by atoms with van der Waals surface area (Å²) in [4.78, 5) is 0. The molecule has 1 nitrogen and oxygen atoms in total. The average molecular weight is 207 g/mol. The number of benzene rings is 2. The van der Waals surface area contributed by atoms with Crippen LogP contribution in [0.2, 0.25) is 0 Å². The lowest BCUT2D eigenvalue weighted by molar-refractivity contribution is 1.34. The highest BCUT2D eigenvalue weighted by atomic mass is 14.2. The van der Waals surface area contributed by atoms with Gasteiger partial charge in [-0.2, -0.15) is 5.26 Å². The summed E-state index contributed by atoms with van der Waals surface area (Å²) in [6.45, 7) is 4.21. The molecule has 0 amide bonds. The molecule has 0 fully saturated rings. The molecule has 0 aliphatic carbocycles. The fourth-order valence-corrected chi connectivity index (χ4v) is 1.69. The van der Waals surface area contributed by atoms with Crippen molar-refractivity contribution in [1.29, 1.82) is 5.26 Å². The molecule has 2 aromatic carbocycles. The highest BCUT2D eigenvalue weighted by Gasteiger charge is 2.00. The molecule has 0 aliphatic heterocycles. The summed E-state index contributed by atoms with van der Waals surface area (Å²) < 4.78 is 0. The van der Waals surface area contributed by atoms with Gasteiger partial charge in [0, 0.05) is 0 Å². The third-order valence-corrected chi connectivity index (χ3v) is 2.83. The first-order valence-corrected chi connectivity index (χ1v) is 5.28. The molecule has 0 aliphatic rings. The van der Waals surface area contributed by atoms with E-state index in [9.17, 15) is 0 Å². The number of nitriles is 1. The predicted molar refractivity (Wildman–Crippen MR) is 66.1 cm³/mol. The van der Waals surface area contributed by atoms with Gasteiger partial charge in [-0.3, -0.25) is 0 Å². The van der Waals surface area contributed by atoms with E-state index >= 15 is 0 Å². The standard InChI is InChI=1S/C15H13N/c1-11-6-7-15(8-12(11)2)14-5-3-4-13(9-14)10-16/h3-9H,1-2H3. The fraction of sp³-hybridized carbons (Fsp3) is 0.133. The van der Waals surface area contributed by atoms with Gasteiger partial charge in [-0.15, -0.1) is 0 Å². The molecule has 0 unspecified atom stereocenters. The van der Waals surface area contributed by atoms with E-state index in [2.05, 4.69) is 38.1 Å². The summed E-state index contributed by atoms with van der Waals surface area (Å²) >= 11 is 0. The van der Waals surface area contributed by atoms with E-state index in [1.165, 1.54) is 16.7 Å². The van der Waals surface area contributed by atoms with E-state index < -0.39 is 0 Å². The first kappa shape index (κ1) is 10.4. The molecule has 0 radical (unpaired) electrons. The van der Waals surface area contributed by atoms with Crippen LogP contribution in [0.1, 0.15) is 16.7 Å². The van der Waals surface area contributed by atoms with Gasteiger partial charge in [0.1, 0.15) is 0 Å². The summed E-state index contributed by atoms with van der Waals surface area (Å²) in [7, 11) is 0. The van der Waals surface area contributed by atoms with Crippen LogP contribution in [0.25, 0.3) is 11.1 Å². The molecule has 0 saturated heterocycles. The molecule has 0 saturated carbocycles. The highest BCUT2D eigenvalue weighted by Crippen LogP contribution is 2.22.